The van der Waals surface area contributed by atoms with Crippen molar-refractivity contribution in [1.82, 2.24) is 9.55 Å². The van der Waals surface area contributed by atoms with Gasteiger partial charge in [0.25, 0.3) is 0 Å². The van der Waals surface area contributed by atoms with Crippen molar-refractivity contribution in [3.05, 3.63) is 10.4 Å². The lowest BCUT2D eigenvalue weighted by atomic mass is 9.99. The van der Waals surface area contributed by atoms with Crippen LogP contribution in [0.2, 0.25) is 0 Å². The summed E-state index contributed by atoms with van der Waals surface area (Å²) in [5.74, 6) is 2.96. The maximum Gasteiger partial charge on any atom is 0.148 e. The maximum absolute atomic E-state index is 5.41. The Kier molecular flexibility index (Phi) is 2.90. The van der Waals surface area contributed by atoms with Gasteiger partial charge in [-0.25, -0.2) is 4.98 Å². The lowest BCUT2D eigenvalue weighted by Gasteiger charge is -2.25. The smallest absolute Gasteiger partial charge is 0.148 e. The molecule has 0 bridgehead atoms. The van der Waals surface area contributed by atoms with Gasteiger partial charge >= 0.3 is 0 Å². The van der Waals surface area contributed by atoms with Crippen molar-refractivity contribution in [1.29, 1.82) is 0 Å². The number of aromatic nitrogens is 2. The number of rotatable bonds is 1. The number of fused-ring (bicyclic) bond motifs is 1. The Morgan fingerprint density at radius 3 is 3.00 bits per heavy atom. The molecular weight excluding hydrogens is 270 g/mol. The van der Waals surface area contributed by atoms with E-state index in [-0.39, 0.29) is 0 Å². The zero-order valence-corrected chi connectivity index (χ0v) is 10.8. The maximum atomic E-state index is 5.41. The minimum atomic E-state index is 0.568. The summed E-state index contributed by atoms with van der Waals surface area (Å²) in [7, 11) is 0. The molecule has 3 heterocycles. The second-order valence-corrected chi connectivity index (χ2v) is 5.18. The largest absolute Gasteiger partial charge is 0.381 e. The standard InChI is InChI=1S/C11H16BrN3O/c12-9-11-13-4-1-5-15(11)10(14-9)8-2-6-16-7-3-8/h8,13H,1-7H2. The van der Waals surface area contributed by atoms with Crippen molar-refractivity contribution in [3.63, 3.8) is 0 Å². The number of hydrogen-bond acceptors (Lipinski definition) is 3. The summed E-state index contributed by atoms with van der Waals surface area (Å²) in [5.41, 5.74) is 0. The molecule has 0 atom stereocenters. The molecule has 16 heavy (non-hydrogen) atoms. The van der Waals surface area contributed by atoms with Crippen LogP contribution in [0.1, 0.15) is 31.0 Å². The van der Waals surface area contributed by atoms with Crippen molar-refractivity contribution >= 4 is 21.7 Å². The van der Waals surface area contributed by atoms with Crippen LogP contribution in [0.15, 0.2) is 4.60 Å². The highest BCUT2D eigenvalue weighted by atomic mass is 79.9. The average molecular weight is 286 g/mol. The van der Waals surface area contributed by atoms with E-state index >= 15 is 0 Å². The Morgan fingerprint density at radius 2 is 2.19 bits per heavy atom. The predicted octanol–water partition coefficient (Wildman–Crippen LogP) is 2.36. The van der Waals surface area contributed by atoms with Gasteiger partial charge in [0.05, 0.1) is 0 Å². The molecule has 1 saturated heterocycles. The molecule has 1 aromatic rings. The topological polar surface area (TPSA) is 39.1 Å². The third kappa shape index (κ3) is 1.76. The highest BCUT2D eigenvalue weighted by Gasteiger charge is 2.25. The van der Waals surface area contributed by atoms with E-state index in [1.807, 2.05) is 0 Å². The van der Waals surface area contributed by atoms with Gasteiger partial charge in [0.15, 0.2) is 0 Å². The van der Waals surface area contributed by atoms with E-state index in [9.17, 15) is 0 Å². The van der Waals surface area contributed by atoms with Crippen LogP contribution in [-0.4, -0.2) is 29.3 Å². The third-order valence-electron chi connectivity index (χ3n) is 3.39. The van der Waals surface area contributed by atoms with Crippen LogP contribution in [0.3, 0.4) is 0 Å². The van der Waals surface area contributed by atoms with Crippen molar-refractivity contribution < 1.29 is 4.74 Å². The van der Waals surface area contributed by atoms with Gasteiger partial charge in [-0.3, -0.25) is 0 Å². The minimum Gasteiger partial charge on any atom is -0.381 e. The first-order valence-electron chi connectivity index (χ1n) is 5.94. The van der Waals surface area contributed by atoms with Crippen LogP contribution in [0.25, 0.3) is 0 Å². The number of imidazole rings is 1. The second-order valence-electron chi connectivity index (χ2n) is 4.43. The number of anilines is 1. The summed E-state index contributed by atoms with van der Waals surface area (Å²) in [6, 6.07) is 0. The van der Waals surface area contributed by atoms with Gasteiger partial charge in [0.1, 0.15) is 16.2 Å². The molecule has 0 amide bonds. The molecule has 0 spiro atoms. The number of nitrogens with one attached hydrogen (secondary N) is 1. The molecule has 1 N–H and O–H groups in total. The molecule has 4 nitrogen and oxygen atoms in total. The summed E-state index contributed by atoms with van der Waals surface area (Å²) < 4.78 is 8.71. The highest BCUT2D eigenvalue weighted by Crippen LogP contribution is 2.33. The lowest BCUT2D eigenvalue weighted by molar-refractivity contribution is 0.0828. The third-order valence-corrected chi connectivity index (χ3v) is 3.94. The van der Waals surface area contributed by atoms with Gasteiger partial charge in [-0.05, 0) is 35.2 Å². The summed E-state index contributed by atoms with van der Waals surface area (Å²) in [5, 5.41) is 3.41. The van der Waals surface area contributed by atoms with E-state index in [4.69, 9.17) is 4.74 Å². The molecular formula is C11H16BrN3O. The summed E-state index contributed by atoms with van der Waals surface area (Å²) in [6.07, 6.45) is 3.39. The molecule has 0 aromatic carbocycles. The van der Waals surface area contributed by atoms with Crippen LogP contribution in [0.4, 0.5) is 5.82 Å². The molecule has 2 aliphatic heterocycles. The quantitative estimate of drug-likeness (QED) is 0.861. The SMILES string of the molecule is Brc1nc(C2CCOCC2)n2c1NCCC2. The normalized spacial score (nSPS) is 21.6. The summed E-state index contributed by atoms with van der Waals surface area (Å²) >= 11 is 3.54. The van der Waals surface area contributed by atoms with Crippen LogP contribution in [0, 0.1) is 0 Å². The molecule has 3 rings (SSSR count). The highest BCUT2D eigenvalue weighted by molar-refractivity contribution is 9.10. The fourth-order valence-corrected chi connectivity index (χ4v) is 3.08. The van der Waals surface area contributed by atoms with Crippen molar-refractivity contribution in [2.45, 2.75) is 31.7 Å². The van der Waals surface area contributed by atoms with Gasteiger partial charge in [-0.1, -0.05) is 0 Å². The number of ether oxygens (including phenoxy) is 1. The Balaban J connectivity index is 1.93. The predicted molar refractivity (Wildman–Crippen MR) is 65.8 cm³/mol. The Hall–Kier alpha value is -0.550. The minimum absolute atomic E-state index is 0.568. The first kappa shape index (κ1) is 10.6. The summed E-state index contributed by atoms with van der Waals surface area (Å²) in [4.78, 5) is 4.68. The van der Waals surface area contributed by atoms with E-state index in [2.05, 4.69) is 30.8 Å². The molecule has 1 fully saturated rings. The number of nitrogens with zero attached hydrogens (tertiary/aromatic N) is 2. The zero-order chi connectivity index (χ0) is 11.0. The van der Waals surface area contributed by atoms with Crippen molar-refractivity contribution in [3.8, 4) is 0 Å². The van der Waals surface area contributed by atoms with Gasteiger partial charge in [0.2, 0.25) is 0 Å². The lowest BCUT2D eigenvalue weighted by Crippen LogP contribution is -2.22. The van der Waals surface area contributed by atoms with E-state index < -0.39 is 0 Å². The van der Waals surface area contributed by atoms with Crippen molar-refractivity contribution in [2.75, 3.05) is 25.1 Å². The number of halogens is 1. The molecule has 0 aliphatic carbocycles. The fourth-order valence-electron chi connectivity index (χ4n) is 2.55. The Morgan fingerprint density at radius 1 is 1.38 bits per heavy atom. The van der Waals surface area contributed by atoms with Gasteiger partial charge < -0.3 is 14.6 Å². The molecule has 0 unspecified atom stereocenters. The fraction of sp³-hybridized carbons (Fsp3) is 0.727. The van der Waals surface area contributed by atoms with Crippen LogP contribution >= 0.6 is 15.9 Å². The first-order chi connectivity index (χ1) is 7.86. The Bertz CT molecular complexity index is 385. The van der Waals surface area contributed by atoms with E-state index in [1.165, 1.54) is 12.2 Å². The second kappa shape index (κ2) is 4.37. The first-order valence-corrected chi connectivity index (χ1v) is 6.73. The number of hydrogen-bond donors (Lipinski definition) is 1. The van der Waals surface area contributed by atoms with E-state index in [0.717, 1.165) is 49.6 Å². The van der Waals surface area contributed by atoms with E-state index in [0.29, 0.717) is 5.92 Å². The van der Waals surface area contributed by atoms with Crippen LogP contribution < -0.4 is 5.32 Å². The van der Waals surface area contributed by atoms with E-state index in [1.54, 1.807) is 0 Å². The zero-order valence-electron chi connectivity index (χ0n) is 9.21. The van der Waals surface area contributed by atoms with Gasteiger partial charge in [-0.2, -0.15) is 0 Å². The van der Waals surface area contributed by atoms with Gasteiger partial charge in [-0.15, -0.1) is 0 Å². The average Bonchev–Trinajstić information content (AvgIpc) is 2.69. The van der Waals surface area contributed by atoms with Gasteiger partial charge in [0, 0.05) is 32.2 Å². The molecule has 1 aromatic heterocycles. The molecule has 0 saturated carbocycles. The Labute approximate surface area is 104 Å². The molecule has 2 aliphatic rings. The summed E-state index contributed by atoms with van der Waals surface area (Å²) in [6.45, 7) is 3.89. The van der Waals surface area contributed by atoms with Crippen molar-refractivity contribution in [2.24, 2.45) is 0 Å². The molecule has 0 radical (unpaired) electrons. The van der Waals surface area contributed by atoms with Crippen LogP contribution in [-0.2, 0) is 11.3 Å². The van der Waals surface area contributed by atoms with Crippen LogP contribution in [0.5, 0.6) is 0 Å². The molecule has 5 heteroatoms. The molecule has 88 valence electrons. The monoisotopic (exact) mass is 285 g/mol.